The number of nitrogen functional groups attached to an aromatic ring is 1. The molecule has 1 rings (SSSR count). The highest BCUT2D eigenvalue weighted by atomic mass is 32.1. The highest BCUT2D eigenvalue weighted by molar-refractivity contribution is 7.18. The van der Waals surface area contributed by atoms with E-state index in [2.05, 4.69) is 29.5 Å². The van der Waals surface area contributed by atoms with E-state index in [0.717, 1.165) is 13.0 Å². The highest BCUT2D eigenvalue weighted by Gasteiger charge is 2.14. The average molecular weight is 286 g/mol. The predicted molar refractivity (Wildman–Crippen MR) is 78.7 cm³/mol. The van der Waals surface area contributed by atoms with Crippen molar-refractivity contribution in [2.45, 2.75) is 20.3 Å². The third kappa shape index (κ3) is 5.44. The molecular weight excluding hydrogens is 264 g/mol. The highest BCUT2D eigenvalue weighted by Crippen LogP contribution is 2.23. The number of ether oxygens (including phenoxy) is 1. The van der Waals surface area contributed by atoms with Gasteiger partial charge in [-0.15, -0.1) is 0 Å². The van der Waals surface area contributed by atoms with Crippen LogP contribution in [-0.2, 0) is 4.74 Å². The zero-order valence-electron chi connectivity index (χ0n) is 11.7. The molecule has 19 heavy (non-hydrogen) atoms. The Labute approximate surface area is 117 Å². The van der Waals surface area contributed by atoms with Crippen molar-refractivity contribution in [3.05, 3.63) is 4.88 Å². The Morgan fingerprint density at radius 3 is 2.79 bits per heavy atom. The van der Waals surface area contributed by atoms with Gasteiger partial charge in [0, 0.05) is 20.2 Å². The van der Waals surface area contributed by atoms with Crippen LogP contribution in [0.5, 0.6) is 0 Å². The lowest BCUT2D eigenvalue weighted by Crippen LogP contribution is -2.27. The maximum Gasteiger partial charge on any atom is 0.265 e. The van der Waals surface area contributed by atoms with Crippen LogP contribution >= 0.6 is 11.3 Å². The molecule has 108 valence electrons. The number of carbonyl (C=O) groups is 1. The molecule has 1 aromatic heterocycles. The van der Waals surface area contributed by atoms with Crippen molar-refractivity contribution in [2.75, 3.05) is 37.9 Å². The summed E-state index contributed by atoms with van der Waals surface area (Å²) in [5.41, 5.74) is 5.67. The number of rotatable bonds is 8. The van der Waals surface area contributed by atoms with Crippen molar-refractivity contribution < 1.29 is 9.53 Å². The first-order valence-corrected chi connectivity index (χ1v) is 7.16. The fraction of sp³-hybridized carbons (Fsp3) is 0.667. The lowest BCUT2D eigenvalue weighted by atomic mass is 10.1. The van der Waals surface area contributed by atoms with Gasteiger partial charge in [0.05, 0.1) is 6.61 Å². The average Bonchev–Trinajstić information content (AvgIpc) is 2.74. The standard InChI is InChI=1S/C12H22N4O2S/c1-8(2)4-6-18-7-5-15-11(17)9-10(13)16-12(14-3)19-9/h8H,4-7,13H2,1-3H3,(H,14,16)(H,15,17). The summed E-state index contributed by atoms with van der Waals surface area (Å²) in [6.45, 7) is 6.01. The van der Waals surface area contributed by atoms with Crippen LogP contribution in [0.3, 0.4) is 0 Å². The van der Waals surface area contributed by atoms with Crippen LogP contribution in [0.15, 0.2) is 0 Å². The van der Waals surface area contributed by atoms with Gasteiger partial charge in [-0.1, -0.05) is 25.2 Å². The molecule has 0 aromatic carbocycles. The van der Waals surface area contributed by atoms with E-state index in [9.17, 15) is 4.79 Å². The van der Waals surface area contributed by atoms with E-state index in [1.54, 1.807) is 7.05 Å². The van der Waals surface area contributed by atoms with E-state index in [-0.39, 0.29) is 11.7 Å². The molecule has 0 spiro atoms. The Morgan fingerprint density at radius 1 is 1.47 bits per heavy atom. The van der Waals surface area contributed by atoms with Crippen LogP contribution in [0.1, 0.15) is 29.9 Å². The van der Waals surface area contributed by atoms with Crippen molar-refractivity contribution in [1.29, 1.82) is 0 Å². The van der Waals surface area contributed by atoms with Crippen LogP contribution in [0.2, 0.25) is 0 Å². The molecule has 0 fully saturated rings. The zero-order chi connectivity index (χ0) is 14.3. The molecule has 0 aliphatic heterocycles. The molecule has 0 radical (unpaired) electrons. The molecule has 6 nitrogen and oxygen atoms in total. The summed E-state index contributed by atoms with van der Waals surface area (Å²) in [5, 5.41) is 6.26. The van der Waals surface area contributed by atoms with Gasteiger partial charge in [0.1, 0.15) is 10.7 Å². The first-order chi connectivity index (χ1) is 9.04. The summed E-state index contributed by atoms with van der Waals surface area (Å²) >= 11 is 1.24. The fourth-order valence-corrected chi connectivity index (χ4v) is 2.09. The number of carbonyl (C=O) groups excluding carboxylic acids is 1. The Morgan fingerprint density at radius 2 is 2.21 bits per heavy atom. The van der Waals surface area contributed by atoms with Gasteiger partial charge < -0.3 is 21.1 Å². The van der Waals surface area contributed by atoms with E-state index >= 15 is 0 Å². The number of nitrogens with one attached hydrogen (secondary N) is 2. The second-order valence-electron chi connectivity index (χ2n) is 4.53. The minimum absolute atomic E-state index is 0.205. The summed E-state index contributed by atoms with van der Waals surface area (Å²) < 4.78 is 5.42. The Balaban J connectivity index is 2.25. The molecule has 0 aliphatic carbocycles. The SMILES string of the molecule is CNc1nc(N)c(C(=O)NCCOCCC(C)C)s1. The minimum atomic E-state index is -0.205. The Bertz CT molecular complexity index is 406. The van der Waals surface area contributed by atoms with Crippen molar-refractivity contribution in [1.82, 2.24) is 10.3 Å². The largest absolute Gasteiger partial charge is 0.382 e. The van der Waals surface area contributed by atoms with Crippen molar-refractivity contribution in [2.24, 2.45) is 5.92 Å². The van der Waals surface area contributed by atoms with Crippen molar-refractivity contribution >= 4 is 28.2 Å². The van der Waals surface area contributed by atoms with E-state index < -0.39 is 0 Å². The van der Waals surface area contributed by atoms with Gasteiger partial charge >= 0.3 is 0 Å². The van der Waals surface area contributed by atoms with Gasteiger partial charge in [0.15, 0.2) is 5.13 Å². The van der Waals surface area contributed by atoms with Gasteiger partial charge in [0.2, 0.25) is 0 Å². The molecule has 0 unspecified atom stereocenters. The summed E-state index contributed by atoms with van der Waals surface area (Å²) in [5.74, 6) is 0.683. The van der Waals surface area contributed by atoms with Crippen LogP contribution < -0.4 is 16.4 Å². The molecule has 0 saturated heterocycles. The number of anilines is 2. The van der Waals surface area contributed by atoms with Gasteiger partial charge in [-0.05, 0) is 12.3 Å². The molecular formula is C12H22N4O2S. The normalized spacial score (nSPS) is 10.7. The van der Waals surface area contributed by atoms with Crippen molar-refractivity contribution in [3.63, 3.8) is 0 Å². The molecule has 7 heteroatoms. The predicted octanol–water partition coefficient (Wildman–Crippen LogP) is 1.56. The van der Waals surface area contributed by atoms with Crippen LogP contribution in [0, 0.1) is 5.92 Å². The Kier molecular flexibility index (Phi) is 6.58. The fourth-order valence-electron chi connectivity index (χ4n) is 1.34. The topological polar surface area (TPSA) is 89.3 Å². The first-order valence-electron chi connectivity index (χ1n) is 6.34. The molecule has 1 amide bonds. The minimum Gasteiger partial charge on any atom is -0.382 e. The van der Waals surface area contributed by atoms with Crippen LogP contribution in [-0.4, -0.2) is 37.7 Å². The van der Waals surface area contributed by atoms with Gasteiger partial charge in [-0.3, -0.25) is 4.79 Å². The smallest absolute Gasteiger partial charge is 0.265 e. The molecule has 0 atom stereocenters. The second-order valence-corrected chi connectivity index (χ2v) is 5.53. The van der Waals surface area contributed by atoms with Crippen LogP contribution in [0.25, 0.3) is 0 Å². The van der Waals surface area contributed by atoms with Crippen LogP contribution in [0.4, 0.5) is 10.9 Å². The summed E-state index contributed by atoms with van der Waals surface area (Å²) in [7, 11) is 1.74. The van der Waals surface area contributed by atoms with Gasteiger partial charge in [-0.25, -0.2) is 4.98 Å². The number of hydrogen-bond donors (Lipinski definition) is 3. The number of aromatic nitrogens is 1. The summed E-state index contributed by atoms with van der Waals surface area (Å²) in [6, 6.07) is 0. The quantitative estimate of drug-likeness (QED) is 0.631. The number of hydrogen-bond acceptors (Lipinski definition) is 6. The van der Waals surface area contributed by atoms with E-state index in [4.69, 9.17) is 10.5 Å². The lowest BCUT2D eigenvalue weighted by molar-refractivity contribution is 0.0910. The number of nitrogens with two attached hydrogens (primary N) is 1. The maximum atomic E-state index is 11.8. The third-order valence-electron chi connectivity index (χ3n) is 2.44. The second kappa shape index (κ2) is 7.96. The first kappa shape index (κ1) is 15.7. The zero-order valence-corrected chi connectivity index (χ0v) is 12.5. The molecule has 1 aromatic rings. The van der Waals surface area contributed by atoms with Gasteiger partial charge in [0.25, 0.3) is 5.91 Å². The lowest BCUT2D eigenvalue weighted by Gasteiger charge is -2.07. The molecule has 1 heterocycles. The number of nitrogens with zero attached hydrogens (tertiary/aromatic N) is 1. The summed E-state index contributed by atoms with van der Waals surface area (Å²) in [6.07, 6.45) is 1.03. The molecule has 0 saturated carbocycles. The van der Waals surface area contributed by atoms with E-state index in [1.807, 2.05) is 0 Å². The molecule has 0 aliphatic rings. The number of thiazole rings is 1. The van der Waals surface area contributed by atoms with Crippen molar-refractivity contribution in [3.8, 4) is 0 Å². The number of amides is 1. The Hall–Kier alpha value is -1.34. The molecule has 0 bridgehead atoms. The third-order valence-corrected chi connectivity index (χ3v) is 3.53. The van der Waals surface area contributed by atoms with E-state index in [0.29, 0.717) is 29.1 Å². The maximum absolute atomic E-state index is 11.8. The van der Waals surface area contributed by atoms with Gasteiger partial charge in [-0.2, -0.15) is 0 Å². The monoisotopic (exact) mass is 286 g/mol. The van der Waals surface area contributed by atoms with E-state index in [1.165, 1.54) is 11.3 Å². The molecule has 4 N–H and O–H groups in total. The summed E-state index contributed by atoms with van der Waals surface area (Å²) in [4.78, 5) is 16.3.